The molecule has 0 saturated heterocycles. The Balaban J connectivity index is 2.05. The van der Waals surface area contributed by atoms with E-state index in [1.807, 2.05) is 18.2 Å². The highest BCUT2D eigenvalue weighted by molar-refractivity contribution is 6.55. The molecule has 5 heteroatoms. The molecule has 0 atom stereocenters. The Hall–Kier alpha value is -2.82. The number of anilines is 1. The van der Waals surface area contributed by atoms with Gasteiger partial charge in [-0.1, -0.05) is 18.2 Å². The molecule has 2 amide bonds. The van der Waals surface area contributed by atoms with Crippen molar-refractivity contribution in [2.24, 2.45) is 4.99 Å². The molecule has 0 radical (unpaired) electrons. The van der Waals surface area contributed by atoms with E-state index in [1.165, 1.54) is 11.1 Å². The first-order chi connectivity index (χ1) is 9.68. The maximum atomic E-state index is 12.2. The quantitative estimate of drug-likeness (QED) is 0.788. The lowest BCUT2D eigenvalue weighted by Gasteiger charge is -2.07. The predicted octanol–water partition coefficient (Wildman–Crippen LogP) is 1.69. The average molecular weight is 265 g/mol. The van der Waals surface area contributed by atoms with E-state index in [0.717, 1.165) is 5.69 Å². The lowest BCUT2D eigenvalue weighted by molar-refractivity contribution is -0.111. The first-order valence-electron chi connectivity index (χ1n) is 6.09. The number of aromatic nitrogens is 1. The molecule has 1 aromatic carbocycles. The fourth-order valence-electron chi connectivity index (χ4n) is 2.11. The van der Waals surface area contributed by atoms with Crippen LogP contribution in [-0.4, -0.2) is 29.6 Å². The Morgan fingerprint density at radius 1 is 1.20 bits per heavy atom. The van der Waals surface area contributed by atoms with Crippen molar-refractivity contribution in [1.82, 2.24) is 4.98 Å². The highest BCUT2D eigenvalue weighted by atomic mass is 16.2. The fourth-order valence-corrected chi connectivity index (χ4v) is 2.11. The number of amides is 2. The van der Waals surface area contributed by atoms with Crippen LogP contribution in [0.3, 0.4) is 0 Å². The zero-order valence-electron chi connectivity index (χ0n) is 10.8. The van der Waals surface area contributed by atoms with E-state index in [4.69, 9.17) is 0 Å². The van der Waals surface area contributed by atoms with E-state index < -0.39 is 5.91 Å². The number of rotatable bonds is 1. The third kappa shape index (κ3) is 1.89. The molecular formula is C15H11N3O2. The van der Waals surface area contributed by atoms with E-state index >= 15 is 0 Å². The van der Waals surface area contributed by atoms with Crippen LogP contribution in [0.15, 0.2) is 53.8 Å². The summed E-state index contributed by atoms with van der Waals surface area (Å²) in [6, 6.07) is 10.5. The molecule has 0 spiro atoms. The van der Waals surface area contributed by atoms with Crippen LogP contribution in [0.1, 0.15) is 15.9 Å². The van der Waals surface area contributed by atoms with Crippen LogP contribution in [0.2, 0.25) is 0 Å². The summed E-state index contributed by atoms with van der Waals surface area (Å²) >= 11 is 0. The first-order valence-corrected chi connectivity index (χ1v) is 6.09. The van der Waals surface area contributed by atoms with Crippen molar-refractivity contribution >= 4 is 23.2 Å². The minimum Gasteiger partial charge on any atom is -0.309 e. The van der Waals surface area contributed by atoms with Crippen LogP contribution in [-0.2, 0) is 4.79 Å². The highest BCUT2D eigenvalue weighted by Gasteiger charge is 2.31. The van der Waals surface area contributed by atoms with E-state index in [-0.39, 0.29) is 11.6 Å². The van der Waals surface area contributed by atoms with Crippen molar-refractivity contribution in [2.75, 3.05) is 11.9 Å². The van der Waals surface area contributed by atoms with Crippen LogP contribution in [0.4, 0.5) is 5.69 Å². The van der Waals surface area contributed by atoms with Crippen LogP contribution in [0.5, 0.6) is 0 Å². The van der Waals surface area contributed by atoms with Gasteiger partial charge in [0.2, 0.25) is 0 Å². The van der Waals surface area contributed by atoms with E-state index in [2.05, 4.69) is 9.98 Å². The number of hydrogen-bond donors (Lipinski definition) is 0. The summed E-state index contributed by atoms with van der Waals surface area (Å²) in [5, 5.41) is 0. The normalized spacial score (nSPS) is 15.6. The molecule has 0 bridgehead atoms. The third-order valence-corrected chi connectivity index (χ3v) is 3.15. The molecule has 2 aromatic rings. The van der Waals surface area contributed by atoms with Gasteiger partial charge in [0.25, 0.3) is 11.8 Å². The average Bonchev–Trinajstić information content (AvgIpc) is 2.74. The largest absolute Gasteiger partial charge is 0.309 e. The van der Waals surface area contributed by atoms with Gasteiger partial charge in [-0.05, 0) is 18.2 Å². The van der Waals surface area contributed by atoms with Gasteiger partial charge in [-0.2, -0.15) is 0 Å². The number of aliphatic imine (C=N–C) groups is 1. The van der Waals surface area contributed by atoms with E-state index in [9.17, 15) is 9.59 Å². The van der Waals surface area contributed by atoms with Gasteiger partial charge < -0.3 is 4.90 Å². The highest BCUT2D eigenvalue weighted by Crippen LogP contribution is 2.27. The summed E-state index contributed by atoms with van der Waals surface area (Å²) < 4.78 is 0. The summed E-state index contributed by atoms with van der Waals surface area (Å²) in [6.07, 6.45) is 3.01. The number of likely N-dealkylation sites (N-methyl/N-ethyl adjacent to an activating group) is 1. The Bertz CT molecular complexity index is 723. The third-order valence-electron chi connectivity index (χ3n) is 3.15. The molecule has 20 heavy (non-hydrogen) atoms. The maximum absolute atomic E-state index is 12.2. The number of carbonyl (C=O) groups is 2. The molecule has 1 aliphatic rings. The molecule has 3 rings (SSSR count). The topological polar surface area (TPSA) is 62.6 Å². The summed E-state index contributed by atoms with van der Waals surface area (Å²) in [5.41, 5.74) is 1.98. The van der Waals surface area contributed by atoms with Crippen molar-refractivity contribution in [3.8, 4) is 0 Å². The SMILES string of the molecule is CN1C(=O)/C(=N/C(=O)c2cccnc2)c2ccccc21. The lowest BCUT2D eigenvalue weighted by Crippen LogP contribution is -2.26. The van der Waals surface area contributed by atoms with E-state index in [0.29, 0.717) is 11.1 Å². The van der Waals surface area contributed by atoms with Gasteiger partial charge in [-0.15, -0.1) is 0 Å². The van der Waals surface area contributed by atoms with Crippen LogP contribution >= 0.6 is 0 Å². The Kier molecular flexibility index (Phi) is 2.87. The summed E-state index contributed by atoms with van der Waals surface area (Å²) in [6.45, 7) is 0. The number of benzene rings is 1. The molecule has 5 nitrogen and oxygen atoms in total. The number of carbonyl (C=O) groups excluding carboxylic acids is 2. The zero-order chi connectivity index (χ0) is 14.1. The maximum Gasteiger partial charge on any atom is 0.279 e. The molecule has 98 valence electrons. The van der Waals surface area contributed by atoms with Gasteiger partial charge in [-0.25, -0.2) is 4.99 Å². The number of para-hydroxylation sites is 1. The van der Waals surface area contributed by atoms with Gasteiger partial charge in [0.1, 0.15) is 5.71 Å². The van der Waals surface area contributed by atoms with Gasteiger partial charge in [-0.3, -0.25) is 14.6 Å². The molecule has 0 N–H and O–H groups in total. The van der Waals surface area contributed by atoms with Crippen LogP contribution in [0, 0.1) is 0 Å². The molecule has 2 heterocycles. The summed E-state index contributed by atoms with van der Waals surface area (Å²) in [5.74, 6) is -0.741. The van der Waals surface area contributed by atoms with Crippen LogP contribution in [0.25, 0.3) is 0 Å². The second-order valence-electron chi connectivity index (χ2n) is 4.39. The minimum atomic E-state index is -0.466. The second-order valence-corrected chi connectivity index (χ2v) is 4.39. The smallest absolute Gasteiger partial charge is 0.279 e. The molecule has 1 aromatic heterocycles. The van der Waals surface area contributed by atoms with Gasteiger partial charge in [0, 0.05) is 25.0 Å². The fraction of sp³-hybridized carbons (Fsp3) is 0.0667. The monoisotopic (exact) mass is 265 g/mol. The Morgan fingerprint density at radius 2 is 2.00 bits per heavy atom. The molecule has 0 unspecified atom stereocenters. The summed E-state index contributed by atoms with van der Waals surface area (Å²) in [4.78, 5) is 33.6. The van der Waals surface area contributed by atoms with E-state index in [1.54, 1.807) is 31.4 Å². The van der Waals surface area contributed by atoms with Crippen molar-refractivity contribution in [3.05, 3.63) is 59.9 Å². The Labute approximate surface area is 115 Å². The lowest BCUT2D eigenvalue weighted by atomic mass is 10.1. The number of hydrogen-bond acceptors (Lipinski definition) is 3. The Morgan fingerprint density at radius 3 is 2.75 bits per heavy atom. The molecule has 0 aliphatic carbocycles. The molecule has 0 fully saturated rings. The number of nitrogens with zero attached hydrogens (tertiary/aromatic N) is 3. The molecule has 0 saturated carbocycles. The number of pyridine rings is 1. The second kappa shape index (κ2) is 4.70. The van der Waals surface area contributed by atoms with Gasteiger partial charge in [0.05, 0.1) is 11.3 Å². The standard InChI is InChI=1S/C15H11N3O2/c1-18-12-7-3-2-6-11(12)13(15(18)20)17-14(19)10-5-4-8-16-9-10/h2-9H,1H3/b17-13+. The minimum absolute atomic E-state index is 0.178. The van der Waals surface area contributed by atoms with Gasteiger partial charge in [0.15, 0.2) is 0 Å². The number of fused-ring (bicyclic) bond motifs is 1. The van der Waals surface area contributed by atoms with Gasteiger partial charge >= 0.3 is 0 Å². The van der Waals surface area contributed by atoms with Crippen LogP contribution < -0.4 is 4.90 Å². The molecular weight excluding hydrogens is 254 g/mol. The van der Waals surface area contributed by atoms with Crippen molar-refractivity contribution in [2.45, 2.75) is 0 Å². The van der Waals surface area contributed by atoms with Crippen molar-refractivity contribution in [3.63, 3.8) is 0 Å². The predicted molar refractivity (Wildman–Crippen MR) is 75.0 cm³/mol. The zero-order valence-corrected chi connectivity index (χ0v) is 10.8. The summed E-state index contributed by atoms with van der Waals surface area (Å²) in [7, 11) is 1.66. The molecule has 1 aliphatic heterocycles. The van der Waals surface area contributed by atoms with Crippen molar-refractivity contribution < 1.29 is 9.59 Å². The first kappa shape index (κ1) is 12.2. The van der Waals surface area contributed by atoms with Crippen molar-refractivity contribution in [1.29, 1.82) is 0 Å².